The lowest BCUT2D eigenvalue weighted by Crippen LogP contribution is -2.31. The number of hydrogen-bond donors (Lipinski definition) is 3. The van der Waals surface area contributed by atoms with Crippen LogP contribution in [0.15, 0.2) is 83.5 Å². The summed E-state index contributed by atoms with van der Waals surface area (Å²) in [6.07, 6.45) is 3.38. The van der Waals surface area contributed by atoms with E-state index in [0.29, 0.717) is 24.4 Å². The highest BCUT2D eigenvalue weighted by Crippen LogP contribution is 2.14. The standard InChI is InChI=1S/C31H30FN7O2/c32-22-8-2-1-7-21(22)19-33-31(40)27-20-41-30(38-27)15-18-39(16-13-28-34-23-9-3-4-10-24(23)35-28)17-14-29-36-25-11-5-6-12-26(25)37-29/h1-12,20H,13-19H2,(H,33,40)(H,34,35)(H,36,37). The molecule has 0 aliphatic carbocycles. The molecular formula is C31H30FN7O2. The van der Waals surface area contributed by atoms with E-state index in [2.05, 4.69) is 25.2 Å². The minimum Gasteiger partial charge on any atom is -0.448 e. The van der Waals surface area contributed by atoms with Crippen molar-refractivity contribution in [1.82, 2.24) is 35.1 Å². The fourth-order valence-corrected chi connectivity index (χ4v) is 4.80. The molecule has 208 valence electrons. The van der Waals surface area contributed by atoms with E-state index in [1.54, 1.807) is 18.2 Å². The summed E-state index contributed by atoms with van der Waals surface area (Å²) < 4.78 is 19.5. The summed E-state index contributed by atoms with van der Waals surface area (Å²) in [7, 11) is 0. The van der Waals surface area contributed by atoms with E-state index in [4.69, 9.17) is 14.4 Å². The molecule has 0 atom stereocenters. The number of fused-ring (bicyclic) bond motifs is 2. The largest absolute Gasteiger partial charge is 0.448 e. The summed E-state index contributed by atoms with van der Waals surface area (Å²) in [6.45, 7) is 2.30. The van der Waals surface area contributed by atoms with Gasteiger partial charge in [0.15, 0.2) is 11.6 Å². The second-order valence-electron chi connectivity index (χ2n) is 9.89. The van der Waals surface area contributed by atoms with Crippen LogP contribution >= 0.6 is 0 Å². The number of benzene rings is 3. The molecule has 9 nitrogen and oxygen atoms in total. The van der Waals surface area contributed by atoms with Crippen molar-refractivity contribution in [3.05, 3.63) is 114 Å². The maximum absolute atomic E-state index is 13.9. The Hall–Kier alpha value is -4.83. The van der Waals surface area contributed by atoms with Crippen molar-refractivity contribution in [2.45, 2.75) is 25.8 Å². The number of H-pyrrole nitrogens is 2. The van der Waals surface area contributed by atoms with Gasteiger partial charge in [0, 0.05) is 51.0 Å². The highest BCUT2D eigenvalue weighted by molar-refractivity contribution is 5.91. The van der Waals surface area contributed by atoms with Gasteiger partial charge in [0.2, 0.25) is 0 Å². The zero-order valence-electron chi connectivity index (χ0n) is 22.4. The number of carbonyl (C=O) groups is 1. The Labute approximate surface area is 235 Å². The molecule has 0 aliphatic heterocycles. The molecule has 0 aliphatic rings. The molecule has 3 N–H and O–H groups in total. The van der Waals surface area contributed by atoms with Crippen LogP contribution in [0.25, 0.3) is 22.1 Å². The van der Waals surface area contributed by atoms with E-state index < -0.39 is 5.91 Å². The van der Waals surface area contributed by atoms with Gasteiger partial charge in [-0.15, -0.1) is 0 Å². The molecule has 3 aromatic carbocycles. The van der Waals surface area contributed by atoms with Gasteiger partial charge >= 0.3 is 0 Å². The Balaban J connectivity index is 1.08. The number of aromatic amines is 2. The number of amides is 1. The van der Waals surface area contributed by atoms with Crippen molar-refractivity contribution in [3.8, 4) is 0 Å². The van der Waals surface area contributed by atoms with Gasteiger partial charge in [-0.1, -0.05) is 42.5 Å². The number of halogens is 1. The van der Waals surface area contributed by atoms with Gasteiger partial charge in [-0.25, -0.2) is 19.3 Å². The zero-order chi connectivity index (χ0) is 28.0. The summed E-state index contributed by atoms with van der Waals surface area (Å²) in [5, 5.41) is 2.70. The number of hydrogen-bond acceptors (Lipinski definition) is 6. The molecule has 0 unspecified atom stereocenters. The van der Waals surface area contributed by atoms with E-state index in [-0.39, 0.29) is 18.1 Å². The number of imidazole rings is 2. The molecule has 6 aromatic rings. The van der Waals surface area contributed by atoms with Crippen LogP contribution in [0.3, 0.4) is 0 Å². The topological polar surface area (TPSA) is 116 Å². The molecule has 0 fully saturated rings. The van der Waals surface area contributed by atoms with E-state index >= 15 is 0 Å². The number of rotatable bonds is 12. The van der Waals surface area contributed by atoms with Gasteiger partial charge in [-0.05, 0) is 30.3 Å². The normalized spacial score (nSPS) is 11.6. The average Bonchev–Trinajstić information content (AvgIpc) is 3.74. The molecule has 0 saturated carbocycles. The van der Waals surface area contributed by atoms with Crippen LogP contribution in [0.2, 0.25) is 0 Å². The van der Waals surface area contributed by atoms with Crippen LogP contribution < -0.4 is 5.32 Å². The SMILES string of the molecule is O=C(NCc1ccccc1F)c1coc(CCN(CCc2nc3ccccc3[nH]2)CCc2nc3ccccc3[nH]2)n1. The molecule has 6 rings (SSSR count). The number of oxazole rings is 1. The van der Waals surface area contributed by atoms with Crippen molar-refractivity contribution in [1.29, 1.82) is 0 Å². The number of para-hydroxylation sites is 4. The third kappa shape index (κ3) is 6.50. The van der Waals surface area contributed by atoms with Crippen molar-refractivity contribution in [2.75, 3.05) is 19.6 Å². The van der Waals surface area contributed by atoms with Crippen LogP contribution in [-0.4, -0.2) is 55.4 Å². The Kier molecular flexibility index (Phi) is 7.81. The second kappa shape index (κ2) is 12.1. The lowest BCUT2D eigenvalue weighted by atomic mass is 10.2. The monoisotopic (exact) mass is 551 g/mol. The maximum atomic E-state index is 13.9. The first-order valence-electron chi connectivity index (χ1n) is 13.7. The first kappa shape index (κ1) is 26.4. The number of aromatic nitrogens is 5. The van der Waals surface area contributed by atoms with Crippen molar-refractivity contribution in [2.24, 2.45) is 0 Å². The zero-order valence-corrected chi connectivity index (χ0v) is 22.4. The summed E-state index contributed by atoms with van der Waals surface area (Å²) in [5.74, 6) is 1.57. The summed E-state index contributed by atoms with van der Waals surface area (Å²) in [4.78, 5) is 35.5. The molecule has 1 amide bonds. The molecule has 10 heteroatoms. The van der Waals surface area contributed by atoms with Crippen LogP contribution in [0.4, 0.5) is 4.39 Å². The van der Waals surface area contributed by atoms with Gasteiger partial charge in [-0.2, -0.15) is 0 Å². The summed E-state index contributed by atoms with van der Waals surface area (Å²) in [5.41, 5.74) is 4.55. The van der Waals surface area contributed by atoms with Gasteiger partial charge in [0.1, 0.15) is 23.7 Å². The fourth-order valence-electron chi connectivity index (χ4n) is 4.80. The number of nitrogens with one attached hydrogen (secondary N) is 3. The minimum atomic E-state index is -0.408. The van der Waals surface area contributed by atoms with Gasteiger partial charge in [-0.3, -0.25) is 4.79 Å². The molecule has 41 heavy (non-hydrogen) atoms. The van der Waals surface area contributed by atoms with Crippen LogP contribution in [-0.2, 0) is 25.8 Å². The van der Waals surface area contributed by atoms with Crippen LogP contribution in [0.1, 0.15) is 33.6 Å². The highest BCUT2D eigenvalue weighted by atomic mass is 19.1. The molecule has 0 saturated heterocycles. The van der Waals surface area contributed by atoms with E-state index in [0.717, 1.165) is 59.6 Å². The lowest BCUT2D eigenvalue weighted by Gasteiger charge is -2.20. The minimum absolute atomic E-state index is 0.0745. The quantitative estimate of drug-likeness (QED) is 0.201. The van der Waals surface area contributed by atoms with E-state index in [1.165, 1.54) is 12.3 Å². The van der Waals surface area contributed by atoms with Crippen molar-refractivity contribution in [3.63, 3.8) is 0 Å². The van der Waals surface area contributed by atoms with Crippen LogP contribution in [0.5, 0.6) is 0 Å². The predicted octanol–water partition coefficient (Wildman–Crippen LogP) is 4.83. The van der Waals surface area contributed by atoms with Crippen molar-refractivity contribution >= 4 is 28.0 Å². The van der Waals surface area contributed by atoms with Gasteiger partial charge in [0.05, 0.1) is 22.1 Å². The Morgan fingerprint density at radius 2 is 1.37 bits per heavy atom. The smallest absolute Gasteiger partial charge is 0.273 e. The Morgan fingerprint density at radius 1 is 0.780 bits per heavy atom. The second-order valence-corrected chi connectivity index (χ2v) is 9.89. The Morgan fingerprint density at radius 3 is 2.00 bits per heavy atom. The summed E-state index contributed by atoms with van der Waals surface area (Å²) >= 11 is 0. The first-order chi connectivity index (χ1) is 20.1. The molecule has 0 spiro atoms. The third-order valence-corrected chi connectivity index (χ3v) is 7.03. The Bertz CT molecular complexity index is 1630. The van der Waals surface area contributed by atoms with Crippen molar-refractivity contribution < 1.29 is 13.6 Å². The van der Waals surface area contributed by atoms with Crippen LogP contribution in [0, 0.1) is 5.82 Å². The molecule has 3 aromatic heterocycles. The number of carbonyl (C=O) groups excluding carboxylic acids is 1. The molecular weight excluding hydrogens is 521 g/mol. The van der Waals surface area contributed by atoms with Gasteiger partial charge < -0.3 is 24.6 Å². The third-order valence-electron chi connectivity index (χ3n) is 7.03. The maximum Gasteiger partial charge on any atom is 0.273 e. The molecule has 0 bridgehead atoms. The average molecular weight is 552 g/mol. The molecule has 0 radical (unpaired) electrons. The summed E-state index contributed by atoms with van der Waals surface area (Å²) in [6, 6.07) is 22.4. The highest BCUT2D eigenvalue weighted by Gasteiger charge is 2.15. The first-order valence-corrected chi connectivity index (χ1v) is 13.7. The fraction of sp³-hybridized carbons (Fsp3) is 0.226. The van der Waals surface area contributed by atoms with E-state index in [9.17, 15) is 9.18 Å². The van der Waals surface area contributed by atoms with E-state index in [1.807, 2.05) is 48.5 Å². The predicted molar refractivity (Wildman–Crippen MR) is 154 cm³/mol. The molecule has 3 heterocycles. The number of nitrogens with zero attached hydrogens (tertiary/aromatic N) is 4. The lowest BCUT2D eigenvalue weighted by molar-refractivity contribution is 0.0945. The van der Waals surface area contributed by atoms with Gasteiger partial charge in [0.25, 0.3) is 5.91 Å².